The van der Waals surface area contributed by atoms with Crippen LogP contribution in [0.3, 0.4) is 0 Å². The third-order valence-corrected chi connectivity index (χ3v) is 3.63. The van der Waals surface area contributed by atoms with Crippen molar-refractivity contribution in [3.8, 4) is 11.5 Å². The molecule has 0 radical (unpaired) electrons. The van der Waals surface area contributed by atoms with Crippen molar-refractivity contribution < 1.29 is 9.13 Å². The predicted octanol–water partition coefficient (Wildman–Crippen LogP) is 4.58. The zero-order valence-corrected chi connectivity index (χ0v) is 13.1. The van der Waals surface area contributed by atoms with Gasteiger partial charge in [0.1, 0.15) is 17.3 Å². The Hall–Kier alpha value is -1.39. The molecule has 0 aliphatic carbocycles. The number of halogens is 2. The summed E-state index contributed by atoms with van der Waals surface area (Å²) in [5.41, 5.74) is 8.13. The molecule has 0 saturated heterocycles. The van der Waals surface area contributed by atoms with E-state index in [1.165, 1.54) is 17.7 Å². The monoisotopic (exact) mass is 337 g/mol. The van der Waals surface area contributed by atoms with E-state index in [9.17, 15) is 4.39 Å². The Morgan fingerprint density at radius 3 is 2.65 bits per heavy atom. The van der Waals surface area contributed by atoms with E-state index in [4.69, 9.17) is 10.5 Å². The SMILES string of the molecule is Cc1cc(Oc2cc(F)ccc2Br)ccc1CC(C)N. The van der Waals surface area contributed by atoms with Gasteiger partial charge in [-0.1, -0.05) is 6.07 Å². The topological polar surface area (TPSA) is 35.2 Å². The Balaban J connectivity index is 2.22. The third kappa shape index (κ3) is 3.81. The van der Waals surface area contributed by atoms with Gasteiger partial charge in [0.25, 0.3) is 0 Å². The smallest absolute Gasteiger partial charge is 0.144 e. The Kier molecular flexibility index (Phi) is 4.78. The quantitative estimate of drug-likeness (QED) is 0.886. The lowest BCUT2D eigenvalue weighted by Crippen LogP contribution is -2.18. The zero-order valence-electron chi connectivity index (χ0n) is 11.5. The molecule has 0 saturated carbocycles. The van der Waals surface area contributed by atoms with Gasteiger partial charge in [-0.05, 0) is 71.6 Å². The average Bonchev–Trinajstić information content (AvgIpc) is 2.37. The predicted molar refractivity (Wildman–Crippen MR) is 82.7 cm³/mol. The van der Waals surface area contributed by atoms with Crippen molar-refractivity contribution in [3.63, 3.8) is 0 Å². The number of benzene rings is 2. The molecule has 0 amide bonds. The van der Waals surface area contributed by atoms with Gasteiger partial charge in [-0.3, -0.25) is 0 Å². The van der Waals surface area contributed by atoms with E-state index >= 15 is 0 Å². The molecule has 4 heteroatoms. The maximum atomic E-state index is 13.2. The molecule has 0 fully saturated rings. The lowest BCUT2D eigenvalue weighted by atomic mass is 10.0. The molecule has 20 heavy (non-hydrogen) atoms. The number of ether oxygens (including phenoxy) is 1. The number of hydrogen-bond acceptors (Lipinski definition) is 2. The number of nitrogens with two attached hydrogens (primary N) is 1. The van der Waals surface area contributed by atoms with Gasteiger partial charge in [-0.15, -0.1) is 0 Å². The maximum absolute atomic E-state index is 13.2. The van der Waals surface area contributed by atoms with E-state index in [0.717, 1.165) is 16.5 Å². The summed E-state index contributed by atoms with van der Waals surface area (Å²) in [4.78, 5) is 0. The van der Waals surface area contributed by atoms with Crippen LogP contribution < -0.4 is 10.5 Å². The molecule has 2 aromatic rings. The second kappa shape index (κ2) is 6.37. The van der Waals surface area contributed by atoms with E-state index in [1.807, 2.05) is 32.0 Å². The normalized spacial score (nSPS) is 12.2. The molecule has 2 nitrogen and oxygen atoms in total. The number of rotatable bonds is 4. The second-order valence-electron chi connectivity index (χ2n) is 4.95. The minimum Gasteiger partial charge on any atom is -0.456 e. The fourth-order valence-electron chi connectivity index (χ4n) is 1.99. The highest BCUT2D eigenvalue weighted by Gasteiger charge is 2.07. The minimum absolute atomic E-state index is 0.123. The molecule has 0 heterocycles. The molecular weight excluding hydrogens is 321 g/mol. The Bertz CT molecular complexity index is 613. The van der Waals surface area contributed by atoms with Crippen LogP contribution in [0.15, 0.2) is 40.9 Å². The molecule has 0 aliphatic rings. The maximum Gasteiger partial charge on any atom is 0.144 e. The highest BCUT2D eigenvalue weighted by Crippen LogP contribution is 2.31. The van der Waals surface area contributed by atoms with Gasteiger partial charge in [0.15, 0.2) is 0 Å². The van der Waals surface area contributed by atoms with Crippen molar-refractivity contribution in [1.29, 1.82) is 0 Å². The molecular formula is C16H17BrFNO. The van der Waals surface area contributed by atoms with Crippen molar-refractivity contribution in [3.05, 3.63) is 57.8 Å². The lowest BCUT2D eigenvalue weighted by Gasteiger charge is -2.12. The van der Waals surface area contributed by atoms with Crippen LogP contribution in [0.1, 0.15) is 18.1 Å². The Morgan fingerprint density at radius 1 is 1.25 bits per heavy atom. The Morgan fingerprint density at radius 2 is 2.00 bits per heavy atom. The van der Waals surface area contributed by atoms with Gasteiger partial charge in [0, 0.05) is 12.1 Å². The summed E-state index contributed by atoms with van der Waals surface area (Å²) < 4.78 is 19.7. The first-order valence-corrected chi connectivity index (χ1v) is 7.23. The van der Waals surface area contributed by atoms with Gasteiger partial charge >= 0.3 is 0 Å². The number of hydrogen-bond donors (Lipinski definition) is 1. The molecule has 1 atom stereocenters. The summed E-state index contributed by atoms with van der Waals surface area (Å²) >= 11 is 3.35. The van der Waals surface area contributed by atoms with Crippen molar-refractivity contribution in [1.82, 2.24) is 0 Å². The number of aryl methyl sites for hydroxylation is 1. The molecule has 0 spiro atoms. The van der Waals surface area contributed by atoms with Crippen molar-refractivity contribution in [2.75, 3.05) is 0 Å². The Labute approximate surface area is 126 Å². The fraction of sp³-hybridized carbons (Fsp3) is 0.250. The van der Waals surface area contributed by atoms with Crippen LogP contribution in [-0.2, 0) is 6.42 Å². The van der Waals surface area contributed by atoms with Crippen LogP contribution >= 0.6 is 15.9 Å². The summed E-state index contributed by atoms with van der Waals surface area (Å²) in [6.45, 7) is 4.00. The summed E-state index contributed by atoms with van der Waals surface area (Å²) in [6.07, 6.45) is 0.829. The zero-order chi connectivity index (χ0) is 14.7. The van der Waals surface area contributed by atoms with Gasteiger partial charge in [0.05, 0.1) is 4.47 Å². The van der Waals surface area contributed by atoms with Crippen molar-refractivity contribution in [2.24, 2.45) is 5.73 Å². The van der Waals surface area contributed by atoms with Crippen LogP contribution in [0.2, 0.25) is 0 Å². The first-order valence-electron chi connectivity index (χ1n) is 6.43. The average molecular weight is 338 g/mol. The van der Waals surface area contributed by atoms with Crippen LogP contribution in [0, 0.1) is 12.7 Å². The molecule has 1 unspecified atom stereocenters. The van der Waals surface area contributed by atoms with Crippen LogP contribution in [0.25, 0.3) is 0 Å². The molecule has 106 valence electrons. The highest BCUT2D eigenvalue weighted by atomic mass is 79.9. The first kappa shape index (κ1) is 15.0. The second-order valence-corrected chi connectivity index (χ2v) is 5.80. The largest absolute Gasteiger partial charge is 0.456 e. The highest BCUT2D eigenvalue weighted by molar-refractivity contribution is 9.10. The summed E-state index contributed by atoms with van der Waals surface area (Å²) in [6, 6.07) is 10.3. The molecule has 2 rings (SSSR count). The third-order valence-electron chi connectivity index (χ3n) is 2.98. The molecule has 2 aromatic carbocycles. The van der Waals surface area contributed by atoms with E-state index < -0.39 is 0 Å². The van der Waals surface area contributed by atoms with E-state index in [-0.39, 0.29) is 11.9 Å². The van der Waals surface area contributed by atoms with Gasteiger partial charge in [-0.2, -0.15) is 0 Å². The molecule has 0 aromatic heterocycles. The summed E-state index contributed by atoms with van der Waals surface area (Å²) in [5.74, 6) is 0.820. The van der Waals surface area contributed by atoms with E-state index in [0.29, 0.717) is 11.5 Å². The van der Waals surface area contributed by atoms with E-state index in [1.54, 1.807) is 6.07 Å². The van der Waals surface area contributed by atoms with Crippen LogP contribution in [0.5, 0.6) is 11.5 Å². The van der Waals surface area contributed by atoms with Gasteiger partial charge in [-0.25, -0.2) is 4.39 Å². The minimum atomic E-state index is -0.325. The van der Waals surface area contributed by atoms with Crippen LogP contribution in [-0.4, -0.2) is 6.04 Å². The fourth-order valence-corrected chi connectivity index (χ4v) is 2.32. The van der Waals surface area contributed by atoms with Crippen molar-refractivity contribution in [2.45, 2.75) is 26.3 Å². The lowest BCUT2D eigenvalue weighted by molar-refractivity contribution is 0.473. The summed E-state index contributed by atoms with van der Waals surface area (Å²) in [5, 5.41) is 0. The van der Waals surface area contributed by atoms with Crippen LogP contribution in [0.4, 0.5) is 4.39 Å². The molecule has 0 bridgehead atoms. The van der Waals surface area contributed by atoms with E-state index in [2.05, 4.69) is 15.9 Å². The first-order chi connectivity index (χ1) is 9.45. The molecule has 2 N–H and O–H groups in total. The van der Waals surface area contributed by atoms with Gasteiger partial charge in [0.2, 0.25) is 0 Å². The summed E-state index contributed by atoms with van der Waals surface area (Å²) in [7, 11) is 0. The van der Waals surface area contributed by atoms with Crippen molar-refractivity contribution >= 4 is 15.9 Å². The standard InChI is InChI=1S/C16H17BrFNO/c1-10-7-14(5-3-12(10)8-11(2)19)20-16-9-13(18)4-6-15(16)17/h3-7,9,11H,8,19H2,1-2H3. The van der Waals surface area contributed by atoms with Gasteiger partial charge < -0.3 is 10.5 Å². The molecule has 0 aliphatic heterocycles.